The summed E-state index contributed by atoms with van der Waals surface area (Å²) < 4.78 is 0. The topological polar surface area (TPSA) is 12.0 Å². The van der Waals surface area contributed by atoms with Crippen LogP contribution in [-0.4, -0.2) is 15.0 Å². The summed E-state index contributed by atoms with van der Waals surface area (Å²) in [5.41, 5.74) is 1.26. The lowest BCUT2D eigenvalue weighted by Crippen LogP contribution is -2.22. The van der Waals surface area contributed by atoms with Gasteiger partial charge in [-0.05, 0) is 12.1 Å². The molecule has 0 amide bonds. The van der Waals surface area contributed by atoms with E-state index in [9.17, 15) is 0 Å². The number of hydrogen-bond acceptors (Lipinski definition) is 1. The van der Waals surface area contributed by atoms with Crippen LogP contribution >= 0.6 is 0 Å². The van der Waals surface area contributed by atoms with Crippen molar-refractivity contribution in [3.8, 4) is 0 Å². The highest BCUT2D eigenvalue weighted by Crippen LogP contribution is 2.06. The van der Waals surface area contributed by atoms with Gasteiger partial charge in [0.1, 0.15) is 0 Å². The zero-order valence-electron chi connectivity index (χ0n) is 8.51. The predicted molar refractivity (Wildman–Crippen MR) is 61.6 cm³/mol. The van der Waals surface area contributed by atoms with E-state index in [1.807, 2.05) is 0 Å². The summed E-state index contributed by atoms with van der Waals surface area (Å²) in [5, 5.41) is 3.49. The molecule has 1 N–H and O–H groups in total. The maximum atomic E-state index is 3.49. The van der Waals surface area contributed by atoms with E-state index in [-0.39, 0.29) is 8.80 Å². The van der Waals surface area contributed by atoms with Crippen molar-refractivity contribution in [3.05, 3.63) is 30.3 Å². The molecule has 1 radical (unpaired) electrons. The highest BCUT2D eigenvalue weighted by Gasteiger charge is 2.04. The van der Waals surface area contributed by atoms with Gasteiger partial charge >= 0.3 is 0 Å². The van der Waals surface area contributed by atoms with Crippen LogP contribution in [0.1, 0.15) is 13.8 Å². The average Bonchev–Trinajstić information content (AvgIpc) is 2.21. The molecule has 0 aliphatic carbocycles. The molecule has 1 nitrogen and oxygen atoms in total. The minimum absolute atomic E-state index is 0.132. The number of rotatable bonds is 5. The summed E-state index contributed by atoms with van der Waals surface area (Å²) in [5.74, 6) is 0. The fraction of sp³-hybridized carbons (Fsp3) is 0.455. The summed E-state index contributed by atoms with van der Waals surface area (Å²) in [6.07, 6.45) is 1.20. The van der Waals surface area contributed by atoms with Crippen molar-refractivity contribution in [2.75, 3.05) is 11.5 Å². The second-order valence-corrected chi connectivity index (χ2v) is 6.44. The molecule has 1 aromatic rings. The Balaban J connectivity index is 2.34. The molecule has 0 saturated heterocycles. The third kappa shape index (κ3) is 3.64. The summed E-state index contributed by atoms with van der Waals surface area (Å²) in [6.45, 7) is 4.59. The van der Waals surface area contributed by atoms with Crippen LogP contribution in [0.3, 0.4) is 0 Å². The molecule has 71 valence electrons. The van der Waals surface area contributed by atoms with Gasteiger partial charge in [0, 0.05) is 11.9 Å². The molecule has 0 bridgehead atoms. The van der Waals surface area contributed by atoms with E-state index in [0.29, 0.717) is 0 Å². The molecule has 0 atom stereocenters. The number of hydrogen-bond donors (Lipinski definition) is 1. The first-order valence-corrected chi connectivity index (χ1v) is 7.11. The van der Waals surface area contributed by atoms with Gasteiger partial charge in [0.25, 0.3) is 0 Å². The van der Waals surface area contributed by atoms with Gasteiger partial charge in [-0.1, -0.05) is 44.1 Å². The minimum Gasteiger partial charge on any atom is -0.388 e. The van der Waals surface area contributed by atoms with Gasteiger partial charge in [-0.3, -0.25) is 0 Å². The number of anilines is 1. The molecular weight excluding hydrogens is 174 g/mol. The Bertz CT molecular complexity index is 219. The molecular formula is C11H18NSi. The number of para-hydroxylation sites is 1. The summed E-state index contributed by atoms with van der Waals surface area (Å²) in [7, 11) is -0.132. The van der Waals surface area contributed by atoms with Gasteiger partial charge in [-0.15, -0.1) is 0 Å². The van der Waals surface area contributed by atoms with Crippen LogP contribution in [0.15, 0.2) is 30.3 Å². The smallest absolute Gasteiger partial charge is 0.0711 e. The Kier molecular flexibility index (Phi) is 4.61. The molecule has 2 heteroatoms. The lowest BCUT2D eigenvalue weighted by Gasteiger charge is -2.12. The first-order valence-electron chi connectivity index (χ1n) is 4.99. The van der Waals surface area contributed by atoms with Crippen LogP contribution in [0.4, 0.5) is 5.69 Å². The fourth-order valence-electron chi connectivity index (χ4n) is 1.28. The lowest BCUT2D eigenvalue weighted by atomic mass is 10.3. The normalized spacial score (nSPS) is 10.4. The van der Waals surface area contributed by atoms with Crippen LogP contribution in [0.25, 0.3) is 0 Å². The van der Waals surface area contributed by atoms with Gasteiger partial charge in [0.15, 0.2) is 0 Å². The Morgan fingerprint density at radius 3 is 2.23 bits per heavy atom. The summed E-state index contributed by atoms with van der Waals surface area (Å²) in [6, 6.07) is 13.2. The Morgan fingerprint density at radius 2 is 1.69 bits per heavy atom. The molecule has 1 aromatic carbocycles. The van der Waals surface area contributed by atoms with Crippen molar-refractivity contribution in [2.24, 2.45) is 0 Å². The molecule has 0 aliphatic rings. The summed E-state index contributed by atoms with van der Waals surface area (Å²) >= 11 is 0. The second-order valence-electron chi connectivity index (χ2n) is 3.18. The molecule has 0 saturated carbocycles. The first kappa shape index (κ1) is 10.3. The average molecular weight is 192 g/mol. The summed E-state index contributed by atoms with van der Waals surface area (Å²) in [4.78, 5) is 0. The molecule has 13 heavy (non-hydrogen) atoms. The van der Waals surface area contributed by atoms with Crippen molar-refractivity contribution in [2.45, 2.75) is 25.9 Å². The molecule has 1 rings (SSSR count). The van der Waals surface area contributed by atoms with E-state index in [2.05, 4.69) is 49.5 Å². The highest BCUT2D eigenvalue weighted by atomic mass is 28.3. The molecule has 0 aromatic heterocycles. The third-order valence-corrected chi connectivity index (χ3v) is 4.99. The van der Waals surface area contributed by atoms with Crippen molar-refractivity contribution in [1.82, 2.24) is 0 Å². The van der Waals surface area contributed by atoms with Gasteiger partial charge < -0.3 is 5.32 Å². The Hall–Kier alpha value is -0.763. The van der Waals surface area contributed by atoms with E-state index in [1.54, 1.807) is 0 Å². The predicted octanol–water partition coefficient (Wildman–Crippen LogP) is 3.17. The zero-order chi connectivity index (χ0) is 9.52. The van der Waals surface area contributed by atoms with Crippen molar-refractivity contribution in [1.29, 1.82) is 0 Å². The zero-order valence-corrected chi connectivity index (χ0v) is 9.51. The lowest BCUT2D eigenvalue weighted by molar-refractivity contribution is 1.25. The van der Waals surface area contributed by atoms with Crippen LogP contribution in [0.5, 0.6) is 0 Å². The van der Waals surface area contributed by atoms with Crippen LogP contribution < -0.4 is 5.32 Å². The van der Waals surface area contributed by atoms with Gasteiger partial charge in [0.05, 0.1) is 8.80 Å². The molecule has 0 aliphatic heterocycles. The van der Waals surface area contributed by atoms with E-state index in [4.69, 9.17) is 0 Å². The fourth-order valence-corrected chi connectivity index (χ4v) is 2.74. The van der Waals surface area contributed by atoms with E-state index in [1.165, 1.54) is 23.9 Å². The van der Waals surface area contributed by atoms with Crippen LogP contribution in [0, 0.1) is 0 Å². The highest BCUT2D eigenvalue weighted by molar-refractivity contribution is 6.59. The van der Waals surface area contributed by atoms with E-state index >= 15 is 0 Å². The van der Waals surface area contributed by atoms with E-state index in [0.717, 1.165) is 0 Å². The van der Waals surface area contributed by atoms with Crippen molar-refractivity contribution >= 4 is 14.5 Å². The second kappa shape index (κ2) is 5.81. The number of benzene rings is 1. The van der Waals surface area contributed by atoms with Gasteiger partial charge in [0.2, 0.25) is 0 Å². The van der Waals surface area contributed by atoms with Crippen molar-refractivity contribution < 1.29 is 0 Å². The van der Waals surface area contributed by atoms with Gasteiger partial charge in [-0.25, -0.2) is 0 Å². The van der Waals surface area contributed by atoms with Crippen LogP contribution in [-0.2, 0) is 0 Å². The quantitative estimate of drug-likeness (QED) is 0.707. The molecule has 0 fully saturated rings. The minimum atomic E-state index is -0.132. The Labute approximate surface area is 82.8 Å². The Morgan fingerprint density at radius 1 is 1.08 bits per heavy atom. The maximum absolute atomic E-state index is 3.49. The molecule has 0 heterocycles. The monoisotopic (exact) mass is 192 g/mol. The largest absolute Gasteiger partial charge is 0.388 e. The molecule has 0 spiro atoms. The molecule has 0 unspecified atom stereocenters. The maximum Gasteiger partial charge on any atom is 0.0711 e. The SMILES string of the molecule is CC[Si](CC)CNc1ccccc1. The van der Waals surface area contributed by atoms with Crippen molar-refractivity contribution in [3.63, 3.8) is 0 Å². The standard InChI is InChI=1S/C11H18NSi/c1-3-13(4-2)10-12-11-8-6-5-7-9-11/h5-9,12H,3-4,10H2,1-2H3. The van der Waals surface area contributed by atoms with Crippen LogP contribution in [0.2, 0.25) is 12.1 Å². The third-order valence-electron chi connectivity index (χ3n) is 2.32. The first-order chi connectivity index (χ1) is 6.36. The number of nitrogens with one attached hydrogen (secondary N) is 1. The van der Waals surface area contributed by atoms with Gasteiger partial charge in [-0.2, -0.15) is 0 Å². The van der Waals surface area contributed by atoms with E-state index < -0.39 is 0 Å².